The van der Waals surface area contributed by atoms with Gasteiger partial charge in [-0.3, -0.25) is 9.69 Å². The number of ether oxygens (including phenoxy) is 1. The van der Waals surface area contributed by atoms with Crippen molar-refractivity contribution in [2.24, 2.45) is 0 Å². The van der Waals surface area contributed by atoms with E-state index in [0.29, 0.717) is 18.8 Å². The van der Waals surface area contributed by atoms with Crippen LogP contribution in [-0.4, -0.2) is 74.0 Å². The fourth-order valence-corrected chi connectivity index (χ4v) is 3.03. The Balaban J connectivity index is 1.44. The summed E-state index contributed by atoms with van der Waals surface area (Å²) in [7, 11) is 1.60. The van der Waals surface area contributed by atoms with E-state index in [9.17, 15) is 4.79 Å². The Morgan fingerprint density at radius 3 is 2.57 bits per heavy atom. The molecule has 7 heteroatoms. The zero-order valence-corrected chi connectivity index (χ0v) is 16.3. The summed E-state index contributed by atoms with van der Waals surface area (Å²) < 4.78 is 4.92. The van der Waals surface area contributed by atoms with Gasteiger partial charge < -0.3 is 15.0 Å². The monoisotopic (exact) mass is 381 g/mol. The van der Waals surface area contributed by atoms with Gasteiger partial charge in [0.1, 0.15) is 0 Å². The normalized spacial score (nSPS) is 15.1. The molecule has 3 rings (SSSR count). The molecule has 2 aromatic rings. The summed E-state index contributed by atoms with van der Waals surface area (Å²) in [6, 6.07) is 13.9. The number of nitrogens with zero attached hydrogens (tertiary/aromatic N) is 4. The molecule has 0 radical (unpaired) electrons. The number of aromatic nitrogens is 2. The number of amides is 1. The molecule has 1 saturated heterocycles. The average molecular weight is 381 g/mol. The molecule has 0 aliphatic carbocycles. The van der Waals surface area contributed by atoms with Crippen LogP contribution in [-0.2, 0) is 4.74 Å². The number of piperazine rings is 1. The highest BCUT2D eigenvalue weighted by Gasteiger charge is 2.18. The summed E-state index contributed by atoms with van der Waals surface area (Å²) in [6.07, 6.45) is 4.37. The number of carbonyl (C=O) groups excluding carboxylic acids is 1. The van der Waals surface area contributed by atoms with Crippen LogP contribution in [0.2, 0.25) is 0 Å². The maximum atomic E-state index is 12.0. The Hall–Kier alpha value is -2.77. The Kier molecular flexibility index (Phi) is 7.52. The summed E-state index contributed by atoms with van der Waals surface area (Å²) >= 11 is 0. The third kappa shape index (κ3) is 5.87. The van der Waals surface area contributed by atoms with Gasteiger partial charge in [-0.15, -0.1) is 10.2 Å². The largest absolute Gasteiger partial charge is 0.383 e. The van der Waals surface area contributed by atoms with Gasteiger partial charge in [-0.2, -0.15) is 0 Å². The molecular weight excluding hydrogens is 354 g/mol. The first-order valence-electron chi connectivity index (χ1n) is 9.56. The topological polar surface area (TPSA) is 70.6 Å². The van der Waals surface area contributed by atoms with E-state index in [1.165, 1.54) is 5.56 Å². The third-order valence-electron chi connectivity index (χ3n) is 4.64. The van der Waals surface area contributed by atoms with Gasteiger partial charge in [0.2, 0.25) is 0 Å². The molecule has 28 heavy (non-hydrogen) atoms. The molecule has 148 valence electrons. The van der Waals surface area contributed by atoms with Gasteiger partial charge in [0.15, 0.2) is 11.5 Å². The first-order valence-corrected chi connectivity index (χ1v) is 9.56. The molecule has 1 aliphatic rings. The molecule has 7 nitrogen and oxygen atoms in total. The Bertz CT molecular complexity index is 756. The molecular formula is C21H27N5O2. The third-order valence-corrected chi connectivity index (χ3v) is 4.64. The highest BCUT2D eigenvalue weighted by atomic mass is 16.5. The standard InChI is InChI=1S/C21H27N5O2/c1-28-17-11-22-21(27)19-9-10-20(24-23-19)26-15-13-25(14-16-26)12-5-8-18-6-3-2-4-7-18/h2-10H,11-17H2,1H3,(H,22,27)/b8-5+. The number of methoxy groups -OCH3 is 1. The summed E-state index contributed by atoms with van der Waals surface area (Å²) in [4.78, 5) is 16.6. The van der Waals surface area contributed by atoms with E-state index < -0.39 is 0 Å². The minimum atomic E-state index is -0.230. The fraction of sp³-hybridized carbons (Fsp3) is 0.381. The van der Waals surface area contributed by atoms with Crippen LogP contribution in [0.5, 0.6) is 0 Å². The first-order chi connectivity index (χ1) is 13.8. The molecule has 1 aromatic carbocycles. The highest BCUT2D eigenvalue weighted by molar-refractivity contribution is 5.92. The second-order valence-corrected chi connectivity index (χ2v) is 6.63. The van der Waals surface area contributed by atoms with Gasteiger partial charge in [0.05, 0.1) is 6.61 Å². The van der Waals surface area contributed by atoms with Crippen molar-refractivity contribution in [2.75, 3.05) is 57.9 Å². The van der Waals surface area contributed by atoms with Crippen molar-refractivity contribution in [2.45, 2.75) is 0 Å². The van der Waals surface area contributed by atoms with E-state index in [-0.39, 0.29) is 5.91 Å². The van der Waals surface area contributed by atoms with Crippen LogP contribution in [0, 0.1) is 0 Å². The Morgan fingerprint density at radius 1 is 1.11 bits per heavy atom. The van der Waals surface area contributed by atoms with Gasteiger partial charge in [0, 0.05) is 46.4 Å². The van der Waals surface area contributed by atoms with Crippen LogP contribution in [0.1, 0.15) is 16.1 Å². The summed E-state index contributed by atoms with van der Waals surface area (Å²) in [5.74, 6) is 0.582. The molecule has 1 aliphatic heterocycles. The lowest BCUT2D eigenvalue weighted by Gasteiger charge is -2.34. The summed E-state index contributed by atoms with van der Waals surface area (Å²) in [5.41, 5.74) is 1.55. The van der Waals surface area contributed by atoms with Crippen LogP contribution in [0.3, 0.4) is 0 Å². The SMILES string of the molecule is COCCNC(=O)c1ccc(N2CCN(C/C=C/c3ccccc3)CC2)nn1. The van der Waals surface area contributed by atoms with Crippen molar-refractivity contribution in [1.82, 2.24) is 20.4 Å². The van der Waals surface area contributed by atoms with Crippen molar-refractivity contribution in [3.63, 3.8) is 0 Å². The maximum Gasteiger partial charge on any atom is 0.271 e. The lowest BCUT2D eigenvalue weighted by Crippen LogP contribution is -2.46. The Labute approximate surface area is 166 Å². The second kappa shape index (κ2) is 10.5. The first kappa shape index (κ1) is 20.0. The minimum absolute atomic E-state index is 0.230. The van der Waals surface area contributed by atoms with Gasteiger partial charge in [-0.25, -0.2) is 0 Å². The molecule has 2 heterocycles. The molecule has 0 bridgehead atoms. The van der Waals surface area contributed by atoms with Gasteiger partial charge in [0.25, 0.3) is 5.91 Å². The second-order valence-electron chi connectivity index (χ2n) is 6.63. The average Bonchev–Trinajstić information content (AvgIpc) is 2.75. The van der Waals surface area contributed by atoms with E-state index in [1.807, 2.05) is 24.3 Å². The van der Waals surface area contributed by atoms with Crippen LogP contribution < -0.4 is 10.2 Å². The van der Waals surface area contributed by atoms with Crippen molar-refractivity contribution in [3.05, 3.63) is 59.8 Å². The number of carbonyl (C=O) groups is 1. The smallest absolute Gasteiger partial charge is 0.271 e. The lowest BCUT2D eigenvalue weighted by atomic mass is 10.2. The number of hydrogen-bond donors (Lipinski definition) is 1. The van der Waals surface area contributed by atoms with E-state index >= 15 is 0 Å². The molecule has 0 saturated carbocycles. The van der Waals surface area contributed by atoms with Crippen LogP contribution in [0.15, 0.2) is 48.5 Å². The highest BCUT2D eigenvalue weighted by Crippen LogP contribution is 2.13. The fourth-order valence-electron chi connectivity index (χ4n) is 3.03. The summed E-state index contributed by atoms with van der Waals surface area (Å²) in [5, 5.41) is 11.0. The predicted molar refractivity (Wildman–Crippen MR) is 110 cm³/mol. The molecule has 1 amide bonds. The van der Waals surface area contributed by atoms with E-state index in [0.717, 1.165) is 38.5 Å². The van der Waals surface area contributed by atoms with E-state index in [1.54, 1.807) is 13.2 Å². The number of nitrogens with one attached hydrogen (secondary N) is 1. The van der Waals surface area contributed by atoms with E-state index in [2.05, 4.69) is 49.6 Å². The Morgan fingerprint density at radius 2 is 1.89 bits per heavy atom. The number of hydrogen-bond acceptors (Lipinski definition) is 6. The van der Waals surface area contributed by atoms with Gasteiger partial charge in [-0.05, 0) is 17.7 Å². The quantitative estimate of drug-likeness (QED) is 0.702. The van der Waals surface area contributed by atoms with Crippen molar-refractivity contribution in [1.29, 1.82) is 0 Å². The zero-order chi connectivity index (χ0) is 19.6. The molecule has 1 aromatic heterocycles. The van der Waals surface area contributed by atoms with Crippen LogP contribution in [0.4, 0.5) is 5.82 Å². The number of anilines is 1. The summed E-state index contributed by atoms with van der Waals surface area (Å²) in [6.45, 7) is 5.61. The molecule has 0 unspecified atom stereocenters. The minimum Gasteiger partial charge on any atom is -0.383 e. The molecule has 1 fully saturated rings. The van der Waals surface area contributed by atoms with E-state index in [4.69, 9.17) is 4.74 Å². The molecule has 1 N–H and O–H groups in total. The van der Waals surface area contributed by atoms with Gasteiger partial charge >= 0.3 is 0 Å². The maximum absolute atomic E-state index is 12.0. The van der Waals surface area contributed by atoms with Crippen LogP contribution in [0.25, 0.3) is 6.08 Å². The van der Waals surface area contributed by atoms with Crippen molar-refractivity contribution < 1.29 is 9.53 Å². The van der Waals surface area contributed by atoms with Gasteiger partial charge in [-0.1, -0.05) is 42.5 Å². The molecule has 0 spiro atoms. The predicted octanol–water partition coefficient (Wildman–Crippen LogP) is 1.69. The number of rotatable bonds is 8. The van der Waals surface area contributed by atoms with Crippen LogP contribution >= 0.6 is 0 Å². The molecule has 0 atom stereocenters. The van der Waals surface area contributed by atoms with Crippen molar-refractivity contribution in [3.8, 4) is 0 Å². The number of benzene rings is 1. The van der Waals surface area contributed by atoms with Crippen molar-refractivity contribution >= 4 is 17.8 Å². The lowest BCUT2D eigenvalue weighted by molar-refractivity contribution is 0.0931. The zero-order valence-electron chi connectivity index (χ0n) is 16.3.